The van der Waals surface area contributed by atoms with Gasteiger partial charge in [-0.1, -0.05) is 6.07 Å². The van der Waals surface area contributed by atoms with Gasteiger partial charge in [0.05, 0.1) is 0 Å². The number of benzene rings is 1. The smallest absolute Gasteiger partial charge is 0.257 e. The van der Waals surface area contributed by atoms with Crippen LogP contribution in [0.1, 0.15) is 24.9 Å². The number of halogens is 1. The Morgan fingerprint density at radius 2 is 2.25 bits per heavy atom. The van der Waals surface area contributed by atoms with Crippen molar-refractivity contribution in [3.63, 3.8) is 0 Å². The summed E-state index contributed by atoms with van der Waals surface area (Å²) in [4.78, 5) is 11.4. The molecule has 0 saturated heterocycles. The van der Waals surface area contributed by atoms with Gasteiger partial charge in [0, 0.05) is 26.3 Å². The fourth-order valence-electron chi connectivity index (χ4n) is 1.56. The predicted molar refractivity (Wildman–Crippen MR) is 74.0 cm³/mol. The largest absolute Gasteiger partial charge is 0.481 e. The first-order chi connectivity index (χ1) is 9.54. The van der Waals surface area contributed by atoms with Crippen molar-refractivity contribution in [2.75, 3.05) is 26.9 Å². The molecule has 0 fully saturated rings. The lowest BCUT2D eigenvalue weighted by molar-refractivity contribution is -0.123. The van der Waals surface area contributed by atoms with E-state index in [2.05, 4.69) is 5.32 Å². The van der Waals surface area contributed by atoms with E-state index in [1.807, 2.05) is 0 Å². The average molecular weight is 284 g/mol. The van der Waals surface area contributed by atoms with Gasteiger partial charge < -0.3 is 20.5 Å². The first kappa shape index (κ1) is 16.4. The summed E-state index contributed by atoms with van der Waals surface area (Å²) in [5.74, 6) is -0.773. The van der Waals surface area contributed by atoms with Crippen LogP contribution in [0, 0.1) is 5.82 Å². The van der Waals surface area contributed by atoms with Crippen LogP contribution in [0.2, 0.25) is 0 Å². The van der Waals surface area contributed by atoms with Crippen LogP contribution < -0.4 is 15.8 Å². The van der Waals surface area contributed by atoms with Gasteiger partial charge in [0.1, 0.15) is 0 Å². The standard InChI is InChI=1S/C14H21FN2O3/c1-10(16)11-4-5-13(12(15)8-11)20-9-14(18)17-6-3-7-19-2/h4-5,8,10H,3,6-7,9,16H2,1-2H3,(H,17,18)/t10-/m0/s1. The van der Waals surface area contributed by atoms with Crippen molar-refractivity contribution in [3.8, 4) is 5.75 Å². The van der Waals surface area contributed by atoms with Gasteiger partial charge in [-0.15, -0.1) is 0 Å². The number of nitrogens with two attached hydrogens (primary N) is 1. The number of rotatable bonds is 8. The molecule has 0 heterocycles. The summed E-state index contributed by atoms with van der Waals surface area (Å²) in [6.45, 7) is 2.63. The molecule has 1 amide bonds. The molecule has 5 nitrogen and oxygen atoms in total. The molecule has 1 aromatic carbocycles. The molecule has 1 atom stereocenters. The highest BCUT2D eigenvalue weighted by Gasteiger charge is 2.09. The van der Waals surface area contributed by atoms with Crippen LogP contribution in [0.4, 0.5) is 4.39 Å². The molecule has 3 N–H and O–H groups in total. The van der Waals surface area contributed by atoms with Gasteiger partial charge in [0.15, 0.2) is 18.2 Å². The second kappa shape index (κ2) is 8.50. The van der Waals surface area contributed by atoms with Crippen molar-refractivity contribution in [1.29, 1.82) is 0 Å². The number of carbonyl (C=O) groups excluding carboxylic acids is 1. The Labute approximate surface area is 118 Å². The van der Waals surface area contributed by atoms with Gasteiger partial charge in [0.25, 0.3) is 5.91 Å². The maximum Gasteiger partial charge on any atom is 0.257 e. The van der Waals surface area contributed by atoms with Crippen molar-refractivity contribution >= 4 is 5.91 Å². The number of nitrogens with one attached hydrogen (secondary N) is 1. The van der Waals surface area contributed by atoms with Crippen molar-refractivity contribution in [2.24, 2.45) is 5.73 Å². The zero-order chi connectivity index (χ0) is 15.0. The molecular weight excluding hydrogens is 263 g/mol. The minimum absolute atomic E-state index is 0.0430. The van der Waals surface area contributed by atoms with E-state index in [1.165, 1.54) is 12.1 Å². The van der Waals surface area contributed by atoms with Crippen LogP contribution >= 0.6 is 0 Å². The minimum Gasteiger partial charge on any atom is -0.481 e. The van der Waals surface area contributed by atoms with Gasteiger partial charge in [-0.2, -0.15) is 0 Å². The fourth-order valence-corrected chi connectivity index (χ4v) is 1.56. The quantitative estimate of drug-likeness (QED) is 0.707. The number of hydrogen-bond donors (Lipinski definition) is 2. The van der Waals surface area contributed by atoms with Gasteiger partial charge in [-0.25, -0.2) is 4.39 Å². The van der Waals surface area contributed by atoms with Crippen molar-refractivity contribution < 1.29 is 18.7 Å². The lowest BCUT2D eigenvalue weighted by Crippen LogP contribution is -2.30. The van der Waals surface area contributed by atoms with E-state index >= 15 is 0 Å². The monoisotopic (exact) mass is 284 g/mol. The predicted octanol–water partition coefficient (Wildman–Crippen LogP) is 1.38. The molecule has 0 radical (unpaired) electrons. The molecular formula is C14H21FN2O3. The molecule has 0 aliphatic carbocycles. The van der Waals surface area contributed by atoms with Gasteiger partial charge in [0.2, 0.25) is 0 Å². The lowest BCUT2D eigenvalue weighted by atomic mass is 10.1. The summed E-state index contributed by atoms with van der Waals surface area (Å²) < 4.78 is 23.7. The van der Waals surface area contributed by atoms with Crippen LogP contribution in [0.3, 0.4) is 0 Å². The molecule has 0 bridgehead atoms. The third kappa shape index (κ3) is 5.54. The topological polar surface area (TPSA) is 73.6 Å². The van der Waals surface area contributed by atoms with E-state index < -0.39 is 5.82 Å². The maximum atomic E-state index is 13.7. The number of carbonyl (C=O) groups is 1. The van der Waals surface area contributed by atoms with Crippen LogP contribution in [-0.4, -0.2) is 32.8 Å². The highest BCUT2D eigenvalue weighted by atomic mass is 19.1. The second-order valence-corrected chi connectivity index (χ2v) is 4.46. The Balaban J connectivity index is 2.39. The third-order valence-electron chi connectivity index (χ3n) is 2.69. The van der Waals surface area contributed by atoms with Crippen LogP contribution in [0.5, 0.6) is 5.75 Å². The summed E-state index contributed by atoms with van der Waals surface area (Å²) in [6, 6.07) is 4.23. The maximum absolute atomic E-state index is 13.7. The molecule has 0 aliphatic heterocycles. The van der Waals surface area contributed by atoms with E-state index in [1.54, 1.807) is 20.1 Å². The highest BCUT2D eigenvalue weighted by Crippen LogP contribution is 2.20. The Kier molecular flexibility index (Phi) is 6.97. The second-order valence-electron chi connectivity index (χ2n) is 4.46. The minimum atomic E-state index is -0.521. The number of ether oxygens (including phenoxy) is 2. The molecule has 112 valence electrons. The number of amides is 1. The zero-order valence-electron chi connectivity index (χ0n) is 11.8. The molecule has 0 unspecified atom stereocenters. The van der Waals surface area contributed by atoms with Crippen molar-refractivity contribution in [3.05, 3.63) is 29.6 Å². The Morgan fingerprint density at radius 1 is 1.50 bits per heavy atom. The summed E-state index contributed by atoms with van der Waals surface area (Å²) in [6.07, 6.45) is 0.722. The Bertz CT molecular complexity index is 438. The summed E-state index contributed by atoms with van der Waals surface area (Å²) in [5, 5.41) is 2.65. The third-order valence-corrected chi connectivity index (χ3v) is 2.69. The Hall–Kier alpha value is -1.66. The molecule has 6 heteroatoms. The molecule has 0 aliphatic rings. The average Bonchev–Trinajstić information content (AvgIpc) is 2.42. The molecule has 20 heavy (non-hydrogen) atoms. The fraction of sp³-hybridized carbons (Fsp3) is 0.500. The SMILES string of the molecule is COCCCNC(=O)COc1ccc([C@H](C)N)cc1F. The van der Waals surface area contributed by atoms with Crippen molar-refractivity contribution in [1.82, 2.24) is 5.32 Å². The van der Waals surface area contributed by atoms with E-state index in [4.69, 9.17) is 15.2 Å². The number of methoxy groups -OCH3 is 1. The lowest BCUT2D eigenvalue weighted by Gasteiger charge is -2.10. The number of hydrogen-bond acceptors (Lipinski definition) is 4. The zero-order valence-corrected chi connectivity index (χ0v) is 11.8. The van der Waals surface area contributed by atoms with Crippen molar-refractivity contribution in [2.45, 2.75) is 19.4 Å². The molecule has 0 aromatic heterocycles. The summed E-state index contributed by atoms with van der Waals surface area (Å²) >= 11 is 0. The first-order valence-corrected chi connectivity index (χ1v) is 6.48. The van der Waals surface area contributed by atoms with Crippen LogP contribution in [0.15, 0.2) is 18.2 Å². The first-order valence-electron chi connectivity index (χ1n) is 6.48. The van der Waals surface area contributed by atoms with Gasteiger partial charge in [-0.05, 0) is 31.0 Å². The van der Waals surface area contributed by atoms with E-state index in [0.717, 1.165) is 6.42 Å². The van der Waals surface area contributed by atoms with E-state index in [9.17, 15) is 9.18 Å². The normalized spacial score (nSPS) is 12.0. The van der Waals surface area contributed by atoms with Gasteiger partial charge >= 0.3 is 0 Å². The van der Waals surface area contributed by atoms with Crippen LogP contribution in [-0.2, 0) is 9.53 Å². The molecule has 0 spiro atoms. The molecule has 1 aromatic rings. The van der Waals surface area contributed by atoms with Crippen LogP contribution in [0.25, 0.3) is 0 Å². The van der Waals surface area contributed by atoms with E-state index in [-0.39, 0.29) is 24.3 Å². The highest BCUT2D eigenvalue weighted by molar-refractivity contribution is 5.77. The summed E-state index contributed by atoms with van der Waals surface area (Å²) in [7, 11) is 1.60. The Morgan fingerprint density at radius 3 is 2.85 bits per heavy atom. The summed E-state index contributed by atoms with van der Waals surface area (Å²) in [5.41, 5.74) is 6.33. The van der Waals surface area contributed by atoms with E-state index in [0.29, 0.717) is 18.7 Å². The van der Waals surface area contributed by atoms with Gasteiger partial charge in [-0.3, -0.25) is 4.79 Å². The molecule has 0 saturated carbocycles. The molecule has 1 rings (SSSR count).